The second-order valence-electron chi connectivity index (χ2n) is 7.38. The lowest BCUT2D eigenvalue weighted by atomic mass is 9.94. The maximum Gasteiger partial charge on any atom is 0.258 e. The molecule has 0 unspecified atom stereocenters. The van der Waals surface area contributed by atoms with Gasteiger partial charge in [0.2, 0.25) is 0 Å². The molecular formula is C22H27ClN3O+. The molecule has 3 N–H and O–H groups in total. The Balaban J connectivity index is 1.80. The normalized spacial score (nSPS) is 12.6. The van der Waals surface area contributed by atoms with Gasteiger partial charge in [0.25, 0.3) is 5.56 Å². The van der Waals surface area contributed by atoms with Crippen molar-refractivity contribution in [3.8, 4) is 0 Å². The van der Waals surface area contributed by atoms with Crippen LogP contribution in [-0.2, 0) is 13.0 Å². The van der Waals surface area contributed by atoms with Crippen molar-refractivity contribution in [2.75, 3.05) is 0 Å². The van der Waals surface area contributed by atoms with Crippen molar-refractivity contribution in [2.45, 2.75) is 46.2 Å². The number of nitrogens with zero attached hydrogens (tertiary/aromatic N) is 1. The second kappa shape index (κ2) is 8.68. The van der Waals surface area contributed by atoms with Gasteiger partial charge in [-0.3, -0.25) is 4.79 Å². The third-order valence-electron chi connectivity index (χ3n) is 4.90. The first-order valence-electron chi connectivity index (χ1n) is 9.58. The Bertz CT molecular complexity index is 963. The van der Waals surface area contributed by atoms with E-state index < -0.39 is 0 Å². The van der Waals surface area contributed by atoms with Gasteiger partial charge in [-0.25, -0.2) is 4.98 Å². The highest BCUT2D eigenvalue weighted by Crippen LogP contribution is 2.19. The lowest BCUT2D eigenvalue weighted by Crippen LogP contribution is -2.85. The standard InChI is InChI=1S/C22H26ClN3O/c1-4-5-15-6-8-16(9-7-15)21(14(2)3)24-13-20-25-19-12-17(23)10-11-18(19)22(27)26-20/h6-12,14,21,24H,4-5,13H2,1-3H3,(H,25,26,27)/p+1/t21-/m0/s1. The fraction of sp³-hybridized carbons (Fsp3) is 0.364. The van der Waals surface area contributed by atoms with Gasteiger partial charge in [-0.1, -0.05) is 63.1 Å². The molecule has 142 valence electrons. The predicted octanol–water partition coefficient (Wildman–Crippen LogP) is 3.99. The number of fused-ring (bicyclic) bond motifs is 1. The number of aryl methyl sites for hydroxylation is 1. The summed E-state index contributed by atoms with van der Waals surface area (Å²) in [6.45, 7) is 7.25. The molecular weight excluding hydrogens is 358 g/mol. The number of aromatic amines is 1. The van der Waals surface area contributed by atoms with E-state index in [9.17, 15) is 4.79 Å². The lowest BCUT2D eigenvalue weighted by Gasteiger charge is -2.20. The molecule has 0 radical (unpaired) electrons. The molecule has 0 saturated heterocycles. The first-order valence-corrected chi connectivity index (χ1v) is 9.96. The van der Waals surface area contributed by atoms with Crippen molar-refractivity contribution in [2.24, 2.45) is 5.92 Å². The van der Waals surface area contributed by atoms with E-state index in [0.29, 0.717) is 40.3 Å². The lowest BCUT2D eigenvalue weighted by molar-refractivity contribution is -0.718. The summed E-state index contributed by atoms with van der Waals surface area (Å²) in [7, 11) is 0. The van der Waals surface area contributed by atoms with Crippen LogP contribution >= 0.6 is 11.6 Å². The third kappa shape index (κ3) is 4.76. The summed E-state index contributed by atoms with van der Waals surface area (Å²) in [4.78, 5) is 19.8. The molecule has 27 heavy (non-hydrogen) atoms. The monoisotopic (exact) mass is 384 g/mol. The minimum atomic E-state index is -0.120. The third-order valence-corrected chi connectivity index (χ3v) is 5.14. The molecule has 4 nitrogen and oxygen atoms in total. The Morgan fingerprint density at radius 1 is 1.15 bits per heavy atom. The summed E-state index contributed by atoms with van der Waals surface area (Å²) in [5.74, 6) is 1.13. The molecule has 1 heterocycles. The first-order chi connectivity index (χ1) is 13.0. The molecule has 0 aliphatic rings. The molecule has 0 amide bonds. The summed E-state index contributed by atoms with van der Waals surface area (Å²) in [5, 5.41) is 3.39. The Hall–Kier alpha value is -2.17. The van der Waals surface area contributed by atoms with Gasteiger partial charge in [-0.2, -0.15) is 0 Å². The molecule has 0 aliphatic heterocycles. The zero-order valence-electron chi connectivity index (χ0n) is 16.1. The minimum absolute atomic E-state index is 0.120. The van der Waals surface area contributed by atoms with E-state index in [1.165, 1.54) is 11.1 Å². The predicted molar refractivity (Wildman–Crippen MR) is 111 cm³/mol. The van der Waals surface area contributed by atoms with Gasteiger partial charge >= 0.3 is 0 Å². The second-order valence-corrected chi connectivity index (χ2v) is 7.81. The summed E-state index contributed by atoms with van der Waals surface area (Å²) >= 11 is 6.05. The summed E-state index contributed by atoms with van der Waals surface area (Å²) in [6, 6.07) is 14.4. The average molecular weight is 385 g/mol. The zero-order chi connectivity index (χ0) is 19.4. The van der Waals surface area contributed by atoms with Gasteiger partial charge in [0.15, 0.2) is 5.82 Å². The molecule has 1 atom stereocenters. The Morgan fingerprint density at radius 2 is 1.89 bits per heavy atom. The molecule has 3 rings (SSSR count). The molecule has 0 fully saturated rings. The van der Waals surface area contributed by atoms with Crippen molar-refractivity contribution in [1.82, 2.24) is 9.97 Å². The molecule has 3 aromatic rings. The molecule has 0 spiro atoms. The average Bonchev–Trinajstić information content (AvgIpc) is 2.63. The highest BCUT2D eigenvalue weighted by molar-refractivity contribution is 6.31. The summed E-state index contributed by atoms with van der Waals surface area (Å²) < 4.78 is 0. The molecule has 0 saturated carbocycles. The van der Waals surface area contributed by atoms with E-state index in [-0.39, 0.29) is 5.56 Å². The van der Waals surface area contributed by atoms with Gasteiger partial charge in [0.05, 0.1) is 10.9 Å². The topological polar surface area (TPSA) is 62.4 Å². The van der Waals surface area contributed by atoms with Crippen molar-refractivity contribution >= 4 is 22.5 Å². The number of hydrogen-bond donors (Lipinski definition) is 2. The number of benzene rings is 2. The maximum absolute atomic E-state index is 12.3. The number of nitrogens with one attached hydrogen (secondary N) is 1. The van der Waals surface area contributed by atoms with Crippen LogP contribution in [0, 0.1) is 5.92 Å². The van der Waals surface area contributed by atoms with Crippen molar-refractivity contribution < 1.29 is 5.32 Å². The van der Waals surface area contributed by atoms with E-state index in [2.05, 4.69) is 60.3 Å². The fourth-order valence-electron chi connectivity index (χ4n) is 3.48. The van der Waals surface area contributed by atoms with Gasteiger partial charge in [-0.15, -0.1) is 0 Å². The number of quaternary nitrogens is 1. The van der Waals surface area contributed by atoms with E-state index >= 15 is 0 Å². The molecule has 5 heteroatoms. The van der Waals surface area contributed by atoms with Crippen LogP contribution in [0.3, 0.4) is 0 Å². The van der Waals surface area contributed by atoms with Gasteiger partial charge in [0, 0.05) is 16.5 Å². The molecule has 0 aliphatic carbocycles. The zero-order valence-corrected chi connectivity index (χ0v) is 16.9. The van der Waals surface area contributed by atoms with E-state index in [0.717, 1.165) is 12.8 Å². The van der Waals surface area contributed by atoms with E-state index in [1.54, 1.807) is 18.2 Å². The largest absolute Gasteiger partial charge is 0.334 e. The highest BCUT2D eigenvalue weighted by Gasteiger charge is 2.20. The number of nitrogens with two attached hydrogens (primary N) is 1. The number of hydrogen-bond acceptors (Lipinski definition) is 2. The molecule has 0 bridgehead atoms. The minimum Gasteiger partial charge on any atom is -0.334 e. The van der Waals surface area contributed by atoms with Crippen molar-refractivity contribution in [3.05, 3.63) is 74.8 Å². The highest BCUT2D eigenvalue weighted by atomic mass is 35.5. The quantitative estimate of drug-likeness (QED) is 0.647. The van der Waals surface area contributed by atoms with Crippen LogP contribution in [-0.4, -0.2) is 9.97 Å². The van der Waals surface area contributed by atoms with Crippen LogP contribution in [0.25, 0.3) is 10.9 Å². The number of halogens is 1. The van der Waals surface area contributed by atoms with Gasteiger partial charge < -0.3 is 10.3 Å². The summed E-state index contributed by atoms with van der Waals surface area (Å²) in [5.41, 5.74) is 3.20. The van der Waals surface area contributed by atoms with Crippen LogP contribution in [0.1, 0.15) is 50.2 Å². The SMILES string of the molecule is CCCc1ccc([C@@H]([NH2+]Cc2nc3cc(Cl)ccc3c(=O)[nH]2)C(C)C)cc1. The van der Waals surface area contributed by atoms with Gasteiger partial charge in [0.1, 0.15) is 12.6 Å². The Kier molecular flexibility index (Phi) is 6.30. The van der Waals surface area contributed by atoms with Crippen molar-refractivity contribution in [1.29, 1.82) is 0 Å². The molecule has 1 aromatic heterocycles. The van der Waals surface area contributed by atoms with Crippen LogP contribution in [0.4, 0.5) is 0 Å². The Labute approximate surface area is 165 Å². The maximum atomic E-state index is 12.3. The Morgan fingerprint density at radius 3 is 2.56 bits per heavy atom. The molecule has 2 aromatic carbocycles. The van der Waals surface area contributed by atoms with Crippen LogP contribution < -0.4 is 10.9 Å². The van der Waals surface area contributed by atoms with Crippen LogP contribution in [0.15, 0.2) is 47.3 Å². The van der Waals surface area contributed by atoms with Crippen molar-refractivity contribution in [3.63, 3.8) is 0 Å². The van der Waals surface area contributed by atoms with Crippen LogP contribution in [0.5, 0.6) is 0 Å². The number of H-pyrrole nitrogens is 1. The number of rotatable bonds is 7. The smallest absolute Gasteiger partial charge is 0.258 e. The first kappa shape index (κ1) is 19.6. The fourth-order valence-corrected chi connectivity index (χ4v) is 3.65. The number of aromatic nitrogens is 2. The van der Waals surface area contributed by atoms with E-state index in [1.807, 2.05) is 0 Å². The van der Waals surface area contributed by atoms with Crippen LogP contribution in [0.2, 0.25) is 5.02 Å². The van der Waals surface area contributed by atoms with E-state index in [4.69, 9.17) is 11.6 Å². The summed E-state index contributed by atoms with van der Waals surface area (Å²) in [6.07, 6.45) is 2.27. The van der Waals surface area contributed by atoms with Gasteiger partial charge in [-0.05, 0) is 30.2 Å².